The van der Waals surface area contributed by atoms with Gasteiger partial charge in [-0.1, -0.05) is 26.0 Å². The molecule has 0 bridgehead atoms. The maximum absolute atomic E-state index is 11.9. The lowest BCUT2D eigenvalue weighted by molar-refractivity contribution is -0.124. The Morgan fingerprint density at radius 3 is 2.50 bits per heavy atom. The molecule has 0 aliphatic rings. The molecule has 108 valence electrons. The minimum absolute atomic E-state index is 0.00251. The molecule has 0 radical (unpaired) electrons. The van der Waals surface area contributed by atoms with Crippen molar-refractivity contribution >= 4 is 5.91 Å². The number of nitriles is 1. The molecule has 1 atom stereocenters. The molecule has 5 heteroatoms. The van der Waals surface area contributed by atoms with Gasteiger partial charge in [0.2, 0.25) is 0 Å². The molecule has 0 unspecified atom stereocenters. The number of nitrogens with one attached hydrogen (secondary N) is 1. The van der Waals surface area contributed by atoms with Crippen molar-refractivity contribution in [3.05, 3.63) is 24.3 Å². The van der Waals surface area contributed by atoms with Gasteiger partial charge in [0.05, 0.1) is 13.2 Å². The molecule has 1 rings (SSSR count). The Balaban J connectivity index is 2.62. The highest BCUT2D eigenvalue weighted by Gasteiger charge is 2.30. The first-order valence-corrected chi connectivity index (χ1v) is 6.41. The fraction of sp³-hybridized carbons (Fsp3) is 0.467. The molecule has 20 heavy (non-hydrogen) atoms. The van der Waals surface area contributed by atoms with E-state index in [0.717, 1.165) is 0 Å². The number of rotatable bonds is 6. The predicted octanol–water partition coefficient (Wildman–Crippen LogP) is 2.13. The number of nitrogens with zero attached hydrogens (tertiary/aromatic N) is 1. The number of ether oxygens (including phenoxy) is 2. The molecular formula is C15H20N2O3. The van der Waals surface area contributed by atoms with Crippen molar-refractivity contribution in [2.45, 2.75) is 26.3 Å². The van der Waals surface area contributed by atoms with Crippen LogP contribution in [-0.2, 0) is 4.79 Å². The highest BCUT2D eigenvalue weighted by atomic mass is 16.5. The average Bonchev–Trinajstić information content (AvgIpc) is 2.45. The van der Waals surface area contributed by atoms with E-state index in [1.807, 2.05) is 19.9 Å². The summed E-state index contributed by atoms with van der Waals surface area (Å²) in [6.07, 6.45) is 0. The average molecular weight is 276 g/mol. The fourth-order valence-electron chi connectivity index (χ4n) is 1.51. The first-order chi connectivity index (χ1) is 9.42. The molecule has 0 aliphatic carbocycles. The Morgan fingerprint density at radius 1 is 1.40 bits per heavy atom. The van der Waals surface area contributed by atoms with Crippen molar-refractivity contribution in [2.75, 3.05) is 13.7 Å². The van der Waals surface area contributed by atoms with Crippen LogP contribution in [0.4, 0.5) is 0 Å². The van der Waals surface area contributed by atoms with Gasteiger partial charge < -0.3 is 14.8 Å². The van der Waals surface area contributed by atoms with Crippen LogP contribution in [0.1, 0.15) is 20.8 Å². The van der Waals surface area contributed by atoms with Crippen LogP contribution in [0.3, 0.4) is 0 Å². The van der Waals surface area contributed by atoms with E-state index in [0.29, 0.717) is 11.5 Å². The smallest absolute Gasteiger partial charge is 0.259 e. The number of hydrogen-bond acceptors (Lipinski definition) is 4. The van der Waals surface area contributed by atoms with Crippen molar-refractivity contribution in [3.63, 3.8) is 0 Å². The third-order valence-corrected chi connectivity index (χ3v) is 3.21. The number of carbonyl (C=O) groups excluding carboxylic acids is 1. The van der Waals surface area contributed by atoms with Gasteiger partial charge in [-0.3, -0.25) is 4.79 Å². The molecule has 0 saturated carbocycles. The Morgan fingerprint density at radius 2 is 2.00 bits per heavy atom. The predicted molar refractivity (Wildman–Crippen MR) is 75.5 cm³/mol. The van der Waals surface area contributed by atoms with Crippen LogP contribution in [0.2, 0.25) is 0 Å². The fourth-order valence-corrected chi connectivity index (χ4v) is 1.51. The van der Waals surface area contributed by atoms with E-state index >= 15 is 0 Å². The lowest BCUT2D eigenvalue weighted by Gasteiger charge is -2.27. The first kappa shape index (κ1) is 15.8. The third kappa shape index (κ3) is 3.89. The van der Waals surface area contributed by atoms with Gasteiger partial charge in [-0.05, 0) is 25.0 Å². The van der Waals surface area contributed by atoms with E-state index in [9.17, 15) is 4.79 Å². The van der Waals surface area contributed by atoms with Crippen LogP contribution in [0, 0.1) is 17.2 Å². The van der Waals surface area contributed by atoms with Crippen LogP contribution >= 0.6 is 0 Å². The number of benzene rings is 1. The monoisotopic (exact) mass is 276 g/mol. The SMILES string of the molecule is COc1ccccc1OCC(=O)N[C@@](C)(C#N)C(C)C. The number of methoxy groups -OCH3 is 1. The molecule has 0 spiro atoms. The number of hydrogen-bond donors (Lipinski definition) is 1. The first-order valence-electron chi connectivity index (χ1n) is 6.41. The van der Waals surface area contributed by atoms with Crippen molar-refractivity contribution in [3.8, 4) is 17.6 Å². The largest absolute Gasteiger partial charge is 0.493 e. The molecule has 0 aliphatic heterocycles. The maximum Gasteiger partial charge on any atom is 0.259 e. The molecule has 1 aromatic carbocycles. The van der Waals surface area contributed by atoms with Crippen LogP contribution in [0.5, 0.6) is 11.5 Å². The molecule has 1 aromatic rings. The standard InChI is InChI=1S/C15H20N2O3/c1-11(2)15(3,10-16)17-14(18)9-20-13-8-6-5-7-12(13)19-4/h5-8,11H,9H2,1-4H3,(H,17,18)/t15-/m0/s1. The van der Waals surface area contributed by atoms with Crippen LogP contribution in [0.15, 0.2) is 24.3 Å². The minimum Gasteiger partial charge on any atom is -0.493 e. The summed E-state index contributed by atoms with van der Waals surface area (Å²) in [5, 5.41) is 11.8. The van der Waals surface area contributed by atoms with Gasteiger partial charge in [-0.2, -0.15) is 5.26 Å². The van der Waals surface area contributed by atoms with Crippen molar-refractivity contribution in [1.29, 1.82) is 5.26 Å². The lowest BCUT2D eigenvalue weighted by Crippen LogP contribution is -2.50. The molecule has 1 amide bonds. The van der Waals surface area contributed by atoms with Crippen LogP contribution in [0.25, 0.3) is 0 Å². The molecule has 0 saturated heterocycles. The van der Waals surface area contributed by atoms with Gasteiger partial charge >= 0.3 is 0 Å². The number of para-hydroxylation sites is 2. The van der Waals surface area contributed by atoms with E-state index in [4.69, 9.17) is 14.7 Å². The van der Waals surface area contributed by atoms with Crippen molar-refractivity contribution < 1.29 is 14.3 Å². The summed E-state index contributed by atoms with van der Waals surface area (Å²) >= 11 is 0. The van der Waals surface area contributed by atoms with Gasteiger partial charge in [-0.25, -0.2) is 0 Å². The minimum atomic E-state index is -0.902. The Hall–Kier alpha value is -2.22. The van der Waals surface area contributed by atoms with Crippen LogP contribution in [-0.4, -0.2) is 25.2 Å². The summed E-state index contributed by atoms with van der Waals surface area (Å²) in [5.41, 5.74) is -0.902. The second-order valence-electron chi connectivity index (χ2n) is 4.96. The van der Waals surface area contributed by atoms with Crippen LogP contribution < -0.4 is 14.8 Å². The van der Waals surface area contributed by atoms with Crippen molar-refractivity contribution in [1.82, 2.24) is 5.32 Å². The van der Waals surface area contributed by atoms with Gasteiger partial charge in [0.25, 0.3) is 5.91 Å². The molecule has 0 heterocycles. The molecular weight excluding hydrogens is 256 g/mol. The summed E-state index contributed by atoms with van der Waals surface area (Å²) in [7, 11) is 1.54. The summed E-state index contributed by atoms with van der Waals surface area (Å²) in [5.74, 6) is 0.719. The molecule has 0 fully saturated rings. The molecule has 1 N–H and O–H groups in total. The summed E-state index contributed by atoms with van der Waals surface area (Å²) in [6.45, 7) is 5.29. The van der Waals surface area contributed by atoms with E-state index < -0.39 is 5.54 Å². The topological polar surface area (TPSA) is 71.3 Å². The highest BCUT2D eigenvalue weighted by molar-refractivity contribution is 5.79. The van der Waals surface area contributed by atoms with Gasteiger partial charge in [0, 0.05) is 0 Å². The second kappa shape index (κ2) is 6.80. The summed E-state index contributed by atoms with van der Waals surface area (Å²) in [6, 6.07) is 9.20. The molecule has 0 aromatic heterocycles. The van der Waals surface area contributed by atoms with Gasteiger partial charge in [0.1, 0.15) is 5.54 Å². The third-order valence-electron chi connectivity index (χ3n) is 3.21. The van der Waals surface area contributed by atoms with Gasteiger partial charge in [0.15, 0.2) is 18.1 Å². The summed E-state index contributed by atoms with van der Waals surface area (Å²) in [4.78, 5) is 11.9. The highest BCUT2D eigenvalue weighted by Crippen LogP contribution is 2.25. The second-order valence-corrected chi connectivity index (χ2v) is 4.96. The normalized spacial score (nSPS) is 13.2. The zero-order valence-electron chi connectivity index (χ0n) is 12.3. The summed E-state index contributed by atoms with van der Waals surface area (Å²) < 4.78 is 10.5. The number of amides is 1. The zero-order chi connectivity index (χ0) is 15.2. The Bertz CT molecular complexity index is 508. The van der Waals surface area contributed by atoms with E-state index in [2.05, 4.69) is 11.4 Å². The quantitative estimate of drug-likeness (QED) is 0.864. The van der Waals surface area contributed by atoms with Gasteiger partial charge in [-0.15, -0.1) is 0 Å². The zero-order valence-corrected chi connectivity index (χ0v) is 12.3. The Kier molecular flexibility index (Phi) is 5.39. The van der Waals surface area contributed by atoms with E-state index in [1.54, 1.807) is 25.1 Å². The Labute approximate surface area is 119 Å². The van der Waals surface area contributed by atoms with Crippen molar-refractivity contribution in [2.24, 2.45) is 5.92 Å². The van der Waals surface area contributed by atoms with E-state index in [-0.39, 0.29) is 18.4 Å². The molecule has 5 nitrogen and oxygen atoms in total. The van der Waals surface area contributed by atoms with E-state index in [1.165, 1.54) is 7.11 Å². The maximum atomic E-state index is 11.9. The lowest BCUT2D eigenvalue weighted by atomic mass is 9.90. The number of carbonyl (C=O) groups is 1.